The lowest BCUT2D eigenvalue weighted by Gasteiger charge is -1.86. The standard InChI is InChI=1S/C8H9N.C3H4O2/c9-7-6-8-4-2-1-3-5-8;1-2-3(4)5/h1-7H,9H2;2H,1H2,(H,4,5). The van der Waals surface area contributed by atoms with Gasteiger partial charge in [0.25, 0.3) is 0 Å². The summed E-state index contributed by atoms with van der Waals surface area (Å²) in [5.41, 5.74) is 6.32. The molecule has 0 amide bonds. The molecule has 0 aromatic heterocycles. The van der Waals surface area contributed by atoms with Gasteiger partial charge in [-0.3, -0.25) is 0 Å². The minimum atomic E-state index is -0.981. The van der Waals surface area contributed by atoms with Crippen LogP contribution in [-0.2, 0) is 4.79 Å². The minimum Gasteiger partial charge on any atom is -0.478 e. The van der Waals surface area contributed by atoms with E-state index in [0.29, 0.717) is 0 Å². The second kappa shape index (κ2) is 7.61. The highest BCUT2D eigenvalue weighted by Gasteiger charge is 1.77. The van der Waals surface area contributed by atoms with E-state index in [2.05, 4.69) is 6.58 Å². The summed E-state index contributed by atoms with van der Waals surface area (Å²) in [6.07, 6.45) is 4.23. The van der Waals surface area contributed by atoms with Crippen LogP contribution in [0, 0.1) is 0 Å². The van der Waals surface area contributed by atoms with Crippen LogP contribution in [0.1, 0.15) is 5.56 Å². The lowest BCUT2D eigenvalue weighted by molar-refractivity contribution is -0.131. The zero-order chi connectivity index (χ0) is 10.8. The third-order valence-corrected chi connectivity index (χ3v) is 1.26. The van der Waals surface area contributed by atoms with E-state index in [1.165, 1.54) is 6.20 Å². The van der Waals surface area contributed by atoms with Crippen molar-refractivity contribution >= 4 is 12.0 Å². The Labute approximate surface area is 83.2 Å². The summed E-state index contributed by atoms with van der Waals surface area (Å²) >= 11 is 0. The second-order valence-corrected chi connectivity index (χ2v) is 2.31. The molecule has 0 aliphatic heterocycles. The van der Waals surface area contributed by atoms with Crippen LogP contribution >= 0.6 is 0 Å². The van der Waals surface area contributed by atoms with Crippen molar-refractivity contribution in [2.45, 2.75) is 0 Å². The number of carboxylic acid groups (broad SMARTS) is 1. The third-order valence-electron chi connectivity index (χ3n) is 1.26. The van der Waals surface area contributed by atoms with Crippen LogP contribution in [0.15, 0.2) is 49.2 Å². The molecule has 0 saturated carbocycles. The number of rotatable bonds is 2. The summed E-state index contributed by atoms with van der Waals surface area (Å²) in [7, 11) is 0. The molecule has 3 nitrogen and oxygen atoms in total. The molecule has 3 heteroatoms. The predicted octanol–water partition coefficient (Wildman–Crippen LogP) is 1.87. The maximum atomic E-state index is 9.25. The zero-order valence-electron chi connectivity index (χ0n) is 7.76. The number of carbonyl (C=O) groups is 1. The van der Waals surface area contributed by atoms with Crippen molar-refractivity contribution in [2.24, 2.45) is 5.73 Å². The lowest BCUT2D eigenvalue weighted by Crippen LogP contribution is -1.82. The first kappa shape index (κ1) is 12.0. The fourth-order valence-electron chi connectivity index (χ4n) is 0.675. The van der Waals surface area contributed by atoms with E-state index in [9.17, 15) is 4.79 Å². The zero-order valence-corrected chi connectivity index (χ0v) is 7.76. The van der Waals surface area contributed by atoms with Crippen LogP contribution in [0.3, 0.4) is 0 Å². The van der Waals surface area contributed by atoms with Crippen LogP contribution in [-0.4, -0.2) is 11.1 Å². The average molecular weight is 191 g/mol. The molecule has 0 atom stereocenters. The normalized spacial score (nSPS) is 8.86. The first-order valence-corrected chi connectivity index (χ1v) is 3.99. The summed E-state index contributed by atoms with van der Waals surface area (Å²) in [4.78, 5) is 9.25. The van der Waals surface area contributed by atoms with E-state index in [-0.39, 0.29) is 0 Å². The minimum absolute atomic E-state index is 0.833. The van der Waals surface area contributed by atoms with Crippen LogP contribution in [0.25, 0.3) is 6.08 Å². The monoisotopic (exact) mass is 191 g/mol. The molecule has 0 heterocycles. The lowest BCUT2D eigenvalue weighted by atomic mass is 10.2. The van der Waals surface area contributed by atoms with Gasteiger partial charge in [-0.1, -0.05) is 36.9 Å². The highest BCUT2D eigenvalue weighted by molar-refractivity contribution is 5.78. The molecule has 0 saturated heterocycles. The number of hydrogen-bond acceptors (Lipinski definition) is 2. The van der Waals surface area contributed by atoms with Crippen molar-refractivity contribution in [3.8, 4) is 0 Å². The van der Waals surface area contributed by atoms with Crippen molar-refractivity contribution in [3.63, 3.8) is 0 Å². The summed E-state index contributed by atoms with van der Waals surface area (Å²) in [5, 5.41) is 7.60. The Kier molecular flexibility index (Phi) is 6.51. The van der Waals surface area contributed by atoms with E-state index in [1.807, 2.05) is 36.4 Å². The first-order valence-electron chi connectivity index (χ1n) is 3.99. The van der Waals surface area contributed by atoms with Gasteiger partial charge in [0.1, 0.15) is 0 Å². The molecule has 0 spiro atoms. The molecule has 0 bridgehead atoms. The van der Waals surface area contributed by atoms with Gasteiger partial charge in [-0.15, -0.1) is 0 Å². The molecule has 74 valence electrons. The average Bonchev–Trinajstić information content (AvgIpc) is 2.21. The number of hydrogen-bond donors (Lipinski definition) is 2. The molecular formula is C11H13NO2. The van der Waals surface area contributed by atoms with Crippen molar-refractivity contribution < 1.29 is 9.90 Å². The number of nitrogens with two attached hydrogens (primary N) is 1. The Hall–Kier alpha value is -2.03. The number of aliphatic carboxylic acids is 1. The van der Waals surface area contributed by atoms with Gasteiger partial charge in [0.15, 0.2) is 0 Å². The maximum absolute atomic E-state index is 9.25. The molecule has 0 fully saturated rings. The van der Waals surface area contributed by atoms with Gasteiger partial charge in [-0.25, -0.2) is 4.79 Å². The van der Waals surface area contributed by atoms with E-state index >= 15 is 0 Å². The highest BCUT2D eigenvalue weighted by atomic mass is 16.4. The summed E-state index contributed by atoms with van der Waals surface area (Å²) in [6, 6.07) is 9.95. The van der Waals surface area contributed by atoms with Crippen LogP contribution < -0.4 is 5.73 Å². The molecule has 0 unspecified atom stereocenters. The van der Waals surface area contributed by atoms with E-state index in [0.717, 1.165) is 11.6 Å². The van der Waals surface area contributed by atoms with Gasteiger partial charge in [0.2, 0.25) is 0 Å². The van der Waals surface area contributed by atoms with Gasteiger partial charge in [-0.05, 0) is 17.8 Å². The van der Waals surface area contributed by atoms with E-state index in [4.69, 9.17) is 10.8 Å². The Morgan fingerprint density at radius 3 is 2.21 bits per heavy atom. The fraction of sp³-hybridized carbons (Fsp3) is 0. The molecule has 14 heavy (non-hydrogen) atoms. The largest absolute Gasteiger partial charge is 0.478 e. The fourth-order valence-corrected chi connectivity index (χ4v) is 0.675. The highest BCUT2D eigenvalue weighted by Crippen LogP contribution is 1.98. The van der Waals surface area contributed by atoms with Gasteiger partial charge < -0.3 is 10.8 Å². The molecule has 1 rings (SSSR count). The van der Waals surface area contributed by atoms with Gasteiger partial charge >= 0.3 is 5.97 Å². The molecule has 3 N–H and O–H groups in total. The molecule has 1 aromatic rings. The Balaban J connectivity index is 0.000000292. The predicted molar refractivity (Wildman–Crippen MR) is 57.5 cm³/mol. The van der Waals surface area contributed by atoms with Gasteiger partial charge in [-0.2, -0.15) is 0 Å². The van der Waals surface area contributed by atoms with Crippen molar-refractivity contribution in [1.82, 2.24) is 0 Å². The second-order valence-electron chi connectivity index (χ2n) is 2.31. The van der Waals surface area contributed by atoms with Gasteiger partial charge in [0, 0.05) is 6.08 Å². The van der Waals surface area contributed by atoms with Crippen LogP contribution in [0.4, 0.5) is 0 Å². The van der Waals surface area contributed by atoms with Crippen molar-refractivity contribution in [3.05, 3.63) is 54.8 Å². The summed E-state index contributed by atoms with van der Waals surface area (Å²) in [6.45, 7) is 2.96. The maximum Gasteiger partial charge on any atom is 0.327 e. The van der Waals surface area contributed by atoms with Crippen molar-refractivity contribution in [1.29, 1.82) is 0 Å². The quantitative estimate of drug-likeness (QED) is 0.701. The topological polar surface area (TPSA) is 63.3 Å². The smallest absolute Gasteiger partial charge is 0.327 e. The Bertz CT molecular complexity index is 304. The number of benzene rings is 1. The Morgan fingerprint density at radius 1 is 1.36 bits per heavy atom. The van der Waals surface area contributed by atoms with E-state index in [1.54, 1.807) is 0 Å². The Morgan fingerprint density at radius 2 is 1.86 bits per heavy atom. The van der Waals surface area contributed by atoms with Crippen LogP contribution in [0.5, 0.6) is 0 Å². The molecule has 1 aromatic carbocycles. The molecule has 0 radical (unpaired) electrons. The summed E-state index contributed by atoms with van der Waals surface area (Å²) in [5.74, 6) is -0.981. The van der Waals surface area contributed by atoms with Crippen LogP contribution in [0.2, 0.25) is 0 Å². The number of carboxylic acids is 1. The molecule has 0 aliphatic carbocycles. The van der Waals surface area contributed by atoms with Gasteiger partial charge in [0.05, 0.1) is 0 Å². The van der Waals surface area contributed by atoms with Crippen molar-refractivity contribution in [2.75, 3.05) is 0 Å². The first-order chi connectivity index (χ1) is 6.70. The summed E-state index contributed by atoms with van der Waals surface area (Å²) < 4.78 is 0. The third kappa shape index (κ3) is 6.67. The van der Waals surface area contributed by atoms with E-state index < -0.39 is 5.97 Å². The molecular weight excluding hydrogens is 178 g/mol. The SMILES string of the molecule is C=CC(=O)O.NC=Cc1ccccc1. The molecule has 0 aliphatic rings.